The van der Waals surface area contributed by atoms with Crippen LogP contribution in [0.2, 0.25) is 0 Å². The summed E-state index contributed by atoms with van der Waals surface area (Å²) < 4.78 is 28.1. The Hall–Kier alpha value is -3.25. The summed E-state index contributed by atoms with van der Waals surface area (Å²) in [5, 5.41) is 6.84. The fourth-order valence-electron chi connectivity index (χ4n) is 5.86. The van der Waals surface area contributed by atoms with Gasteiger partial charge in [-0.05, 0) is 61.2 Å². The summed E-state index contributed by atoms with van der Waals surface area (Å²) >= 11 is 1.35. The molecular formula is C30H34N6O3S2. The van der Waals surface area contributed by atoms with E-state index in [4.69, 9.17) is 4.98 Å². The number of amides is 1. The molecule has 1 saturated carbocycles. The Morgan fingerprint density at radius 2 is 1.83 bits per heavy atom. The van der Waals surface area contributed by atoms with Crippen LogP contribution in [-0.2, 0) is 14.8 Å². The predicted octanol–water partition coefficient (Wildman–Crippen LogP) is 5.04. The summed E-state index contributed by atoms with van der Waals surface area (Å²) in [6.07, 6.45) is 8.78. The molecule has 4 aromatic rings. The van der Waals surface area contributed by atoms with Gasteiger partial charge in [-0.2, -0.15) is 4.31 Å². The quantitative estimate of drug-likeness (QED) is 0.295. The molecule has 2 fully saturated rings. The number of pyridine rings is 2. The van der Waals surface area contributed by atoms with Gasteiger partial charge >= 0.3 is 0 Å². The van der Waals surface area contributed by atoms with E-state index in [-0.39, 0.29) is 16.8 Å². The van der Waals surface area contributed by atoms with Crippen LogP contribution in [0.4, 0.5) is 5.13 Å². The highest BCUT2D eigenvalue weighted by atomic mass is 32.2. The Bertz CT molecular complexity index is 1620. The molecule has 1 saturated heterocycles. The molecule has 9 nitrogen and oxygen atoms in total. The lowest BCUT2D eigenvalue weighted by molar-refractivity contribution is -0.118. The van der Waals surface area contributed by atoms with Gasteiger partial charge in [0.1, 0.15) is 10.3 Å². The molecule has 1 amide bonds. The van der Waals surface area contributed by atoms with Crippen LogP contribution in [-0.4, -0.2) is 59.3 Å². The van der Waals surface area contributed by atoms with Gasteiger partial charge in [0.25, 0.3) is 0 Å². The second-order valence-corrected chi connectivity index (χ2v) is 13.9. The van der Waals surface area contributed by atoms with E-state index in [0.717, 1.165) is 46.4 Å². The van der Waals surface area contributed by atoms with Crippen LogP contribution >= 0.6 is 11.3 Å². The van der Waals surface area contributed by atoms with Gasteiger partial charge in [-0.15, -0.1) is 0 Å². The van der Waals surface area contributed by atoms with E-state index in [0.29, 0.717) is 30.7 Å². The molecule has 0 radical (unpaired) electrons. The van der Waals surface area contributed by atoms with Crippen molar-refractivity contribution in [3.63, 3.8) is 0 Å². The molecule has 2 atom stereocenters. The fraction of sp³-hybridized carbons (Fsp3) is 0.400. The van der Waals surface area contributed by atoms with Crippen LogP contribution in [0.5, 0.6) is 0 Å². The summed E-state index contributed by atoms with van der Waals surface area (Å²) in [4.78, 5) is 28.2. The first-order valence-electron chi connectivity index (χ1n) is 14.2. The third kappa shape index (κ3) is 6.18. The predicted molar refractivity (Wildman–Crippen MR) is 161 cm³/mol. The topological polar surface area (TPSA) is 117 Å². The lowest BCUT2D eigenvalue weighted by Gasteiger charge is -2.31. The molecule has 1 unspecified atom stereocenters. The molecule has 2 aliphatic rings. The number of carbonyl (C=O) groups is 1. The van der Waals surface area contributed by atoms with E-state index in [2.05, 4.69) is 20.6 Å². The van der Waals surface area contributed by atoms with Gasteiger partial charge in [-0.3, -0.25) is 9.78 Å². The average Bonchev–Trinajstić information content (AvgIpc) is 3.65. The highest BCUT2D eigenvalue weighted by Crippen LogP contribution is 2.36. The van der Waals surface area contributed by atoms with Crippen molar-refractivity contribution in [2.75, 3.05) is 25.0 Å². The van der Waals surface area contributed by atoms with E-state index in [1.807, 2.05) is 31.2 Å². The molecule has 4 heterocycles. The van der Waals surface area contributed by atoms with Gasteiger partial charge in [-0.25, -0.2) is 18.4 Å². The van der Waals surface area contributed by atoms with Gasteiger partial charge in [-0.1, -0.05) is 49.2 Å². The van der Waals surface area contributed by atoms with E-state index in [1.54, 1.807) is 36.7 Å². The Morgan fingerprint density at radius 3 is 2.56 bits per heavy atom. The zero-order valence-corrected chi connectivity index (χ0v) is 24.6. The van der Waals surface area contributed by atoms with E-state index < -0.39 is 15.9 Å². The lowest BCUT2D eigenvalue weighted by Crippen LogP contribution is -2.51. The maximum absolute atomic E-state index is 13.7. The molecule has 41 heavy (non-hydrogen) atoms. The standard InChI is InChI=1S/C30H34N6O3S2/c1-20-19-36(17-16-32-20)41(38,39)24-8-6-22(7-9-24)25(18-21-4-2-3-5-21)28(37)35-30-34-27-11-10-26(33-29(27)40-30)23-12-14-31-15-13-23/h6-15,20-21,25,32H,2-5,16-19H2,1H3,(H,34,35,37)/t20-,25?/m0/s1. The van der Waals surface area contributed by atoms with Gasteiger partial charge < -0.3 is 10.6 Å². The maximum atomic E-state index is 13.7. The molecule has 11 heteroatoms. The molecule has 1 aliphatic carbocycles. The number of fused-ring (bicyclic) bond motifs is 1. The highest BCUT2D eigenvalue weighted by Gasteiger charge is 2.30. The van der Waals surface area contributed by atoms with Crippen molar-refractivity contribution in [3.05, 3.63) is 66.5 Å². The third-order valence-corrected chi connectivity index (χ3v) is 10.8. The first-order valence-corrected chi connectivity index (χ1v) is 16.4. The van der Waals surface area contributed by atoms with Crippen molar-refractivity contribution < 1.29 is 13.2 Å². The summed E-state index contributed by atoms with van der Waals surface area (Å²) in [5.41, 5.74) is 3.34. The molecule has 6 rings (SSSR count). The Labute approximate surface area is 244 Å². The van der Waals surface area contributed by atoms with Crippen LogP contribution in [0.15, 0.2) is 65.8 Å². The van der Waals surface area contributed by atoms with Gasteiger partial charge in [0, 0.05) is 43.6 Å². The number of piperazine rings is 1. The van der Waals surface area contributed by atoms with Gasteiger partial charge in [0.2, 0.25) is 15.9 Å². The number of benzene rings is 1. The number of anilines is 1. The minimum atomic E-state index is -3.59. The fourth-order valence-corrected chi connectivity index (χ4v) is 8.23. The molecule has 1 aliphatic heterocycles. The second kappa shape index (κ2) is 11.9. The summed E-state index contributed by atoms with van der Waals surface area (Å²) in [6, 6.07) is 14.7. The molecule has 214 valence electrons. The zero-order chi connectivity index (χ0) is 28.4. The minimum Gasteiger partial charge on any atom is -0.312 e. The molecule has 0 bridgehead atoms. The van der Waals surface area contributed by atoms with Crippen LogP contribution in [0.25, 0.3) is 21.6 Å². The van der Waals surface area contributed by atoms with Crippen molar-refractivity contribution in [2.24, 2.45) is 5.92 Å². The van der Waals surface area contributed by atoms with Crippen molar-refractivity contribution in [3.8, 4) is 11.3 Å². The summed E-state index contributed by atoms with van der Waals surface area (Å²) in [6.45, 7) is 3.51. The highest BCUT2D eigenvalue weighted by molar-refractivity contribution is 7.89. The zero-order valence-electron chi connectivity index (χ0n) is 23.0. The summed E-state index contributed by atoms with van der Waals surface area (Å²) in [7, 11) is -3.59. The number of rotatable bonds is 8. The molecule has 1 aromatic carbocycles. The maximum Gasteiger partial charge on any atom is 0.243 e. The average molecular weight is 591 g/mol. The van der Waals surface area contributed by atoms with Crippen LogP contribution in [0.3, 0.4) is 0 Å². The molecule has 3 aromatic heterocycles. The number of hydrogen-bond donors (Lipinski definition) is 2. The molecule has 0 spiro atoms. The number of thiazole rings is 1. The Morgan fingerprint density at radius 1 is 1.07 bits per heavy atom. The number of nitrogens with zero attached hydrogens (tertiary/aromatic N) is 4. The Kier molecular flexibility index (Phi) is 8.12. The molecule has 2 N–H and O–H groups in total. The van der Waals surface area contributed by atoms with E-state index in [9.17, 15) is 13.2 Å². The number of aromatic nitrogens is 3. The van der Waals surface area contributed by atoms with Crippen LogP contribution < -0.4 is 10.6 Å². The normalized spacial score (nSPS) is 19.4. The van der Waals surface area contributed by atoms with E-state index >= 15 is 0 Å². The monoisotopic (exact) mass is 590 g/mol. The largest absolute Gasteiger partial charge is 0.312 e. The second-order valence-electron chi connectivity index (χ2n) is 11.0. The lowest BCUT2D eigenvalue weighted by atomic mass is 9.87. The number of sulfonamides is 1. The van der Waals surface area contributed by atoms with Crippen molar-refractivity contribution in [1.82, 2.24) is 24.6 Å². The first-order chi connectivity index (χ1) is 19.9. The van der Waals surface area contributed by atoms with Crippen LogP contribution in [0.1, 0.15) is 50.5 Å². The smallest absolute Gasteiger partial charge is 0.243 e. The van der Waals surface area contributed by atoms with Crippen molar-refractivity contribution >= 4 is 42.7 Å². The van der Waals surface area contributed by atoms with Crippen molar-refractivity contribution in [2.45, 2.75) is 55.9 Å². The number of carbonyl (C=O) groups excluding carboxylic acids is 1. The third-order valence-electron chi connectivity index (χ3n) is 8.07. The van der Waals surface area contributed by atoms with Gasteiger partial charge in [0.05, 0.1) is 16.5 Å². The summed E-state index contributed by atoms with van der Waals surface area (Å²) in [5.74, 6) is -0.0604. The Balaban J connectivity index is 1.23. The number of hydrogen-bond acceptors (Lipinski definition) is 8. The van der Waals surface area contributed by atoms with Crippen LogP contribution in [0, 0.1) is 5.92 Å². The molecular weight excluding hydrogens is 557 g/mol. The minimum absolute atomic E-state index is 0.109. The first kappa shape index (κ1) is 27.9. The number of nitrogens with one attached hydrogen (secondary N) is 2. The SMILES string of the molecule is C[C@H]1CN(S(=O)(=O)c2ccc(C(CC3CCCC3)C(=O)Nc3nc4ccc(-c5ccncc5)nc4s3)cc2)CCN1. The van der Waals surface area contributed by atoms with E-state index in [1.165, 1.54) is 28.5 Å². The van der Waals surface area contributed by atoms with Gasteiger partial charge in [0.15, 0.2) is 5.13 Å². The van der Waals surface area contributed by atoms with Crippen molar-refractivity contribution in [1.29, 1.82) is 0 Å².